The molecule has 0 bridgehead atoms. The molecule has 0 unspecified atom stereocenters. The molecule has 0 N–H and O–H groups in total. The van der Waals surface area contributed by atoms with Gasteiger partial charge in [-0.05, 0) is 63.1 Å². The van der Waals surface area contributed by atoms with Crippen LogP contribution in [0.4, 0.5) is 11.4 Å². The second-order valence-corrected chi connectivity index (χ2v) is 6.21. The van der Waals surface area contributed by atoms with Crippen LogP contribution in [0.15, 0.2) is 54.8 Å². The maximum atomic E-state index is 5.37. The number of rotatable bonds is 9. The average Bonchev–Trinajstić information content (AvgIpc) is 2.69. The molecule has 0 aliphatic carbocycles. The SMILES string of the molecule is CCN(CC)c1ccc(C(=COC)c2ccc(N(CC)CC)cc2)cc1. The zero-order valence-electron chi connectivity index (χ0n) is 16.8. The number of anilines is 2. The van der Waals surface area contributed by atoms with Crippen LogP contribution in [0, 0.1) is 0 Å². The Morgan fingerprint density at radius 3 is 1.31 bits per heavy atom. The standard InChI is InChI=1S/C23H32N2O/c1-6-24(7-2)21-14-10-19(11-15-21)23(18-26-5)20-12-16-22(17-13-20)25(8-3)9-4/h10-18H,6-9H2,1-5H3. The maximum absolute atomic E-state index is 5.37. The van der Waals surface area contributed by atoms with Crippen LogP contribution in [0.25, 0.3) is 5.57 Å². The van der Waals surface area contributed by atoms with E-state index in [1.165, 1.54) is 22.5 Å². The van der Waals surface area contributed by atoms with Gasteiger partial charge in [0, 0.05) is 43.1 Å². The van der Waals surface area contributed by atoms with Gasteiger partial charge in [0.25, 0.3) is 0 Å². The molecule has 0 radical (unpaired) electrons. The fourth-order valence-electron chi connectivity index (χ4n) is 3.30. The lowest BCUT2D eigenvalue weighted by Gasteiger charge is -2.22. The Morgan fingerprint density at radius 1 is 0.692 bits per heavy atom. The molecular weight excluding hydrogens is 320 g/mol. The minimum Gasteiger partial charge on any atom is -0.504 e. The molecule has 2 rings (SSSR count). The lowest BCUT2D eigenvalue weighted by atomic mass is 9.98. The molecule has 0 atom stereocenters. The lowest BCUT2D eigenvalue weighted by molar-refractivity contribution is 0.340. The molecule has 2 aromatic rings. The van der Waals surface area contributed by atoms with Crippen LogP contribution in [-0.2, 0) is 4.74 Å². The number of hydrogen-bond donors (Lipinski definition) is 0. The highest BCUT2D eigenvalue weighted by molar-refractivity contribution is 5.80. The third kappa shape index (κ3) is 4.60. The zero-order valence-corrected chi connectivity index (χ0v) is 16.8. The number of hydrogen-bond acceptors (Lipinski definition) is 3. The normalized spacial score (nSPS) is 10.3. The van der Waals surface area contributed by atoms with E-state index in [-0.39, 0.29) is 0 Å². The van der Waals surface area contributed by atoms with Crippen molar-refractivity contribution in [3.05, 3.63) is 65.9 Å². The first-order valence-electron chi connectivity index (χ1n) is 9.62. The van der Waals surface area contributed by atoms with Crippen molar-refractivity contribution in [1.29, 1.82) is 0 Å². The first kappa shape index (κ1) is 19.9. The summed E-state index contributed by atoms with van der Waals surface area (Å²) < 4.78 is 5.37. The van der Waals surface area contributed by atoms with Crippen molar-refractivity contribution < 1.29 is 4.74 Å². The van der Waals surface area contributed by atoms with E-state index in [2.05, 4.69) is 86.0 Å². The van der Waals surface area contributed by atoms with E-state index in [0.29, 0.717) is 0 Å². The summed E-state index contributed by atoms with van der Waals surface area (Å²) in [5, 5.41) is 0. The van der Waals surface area contributed by atoms with Crippen LogP contribution >= 0.6 is 0 Å². The average molecular weight is 353 g/mol. The molecule has 0 aromatic heterocycles. The van der Waals surface area contributed by atoms with E-state index in [1.54, 1.807) is 7.11 Å². The van der Waals surface area contributed by atoms with Gasteiger partial charge in [0.2, 0.25) is 0 Å². The van der Waals surface area contributed by atoms with Gasteiger partial charge in [0.15, 0.2) is 0 Å². The Kier molecular flexibility index (Phi) is 7.58. The summed E-state index contributed by atoms with van der Waals surface area (Å²) in [7, 11) is 1.70. The monoisotopic (exact) mass is 352 g/mol. The molecule has 0 saturated heterocycles. The van der Waals surface area contributed by atoms with E-state index in [0.717, 1.165) is 31.8 Å². The Bertz CT molecular complexity index is 624. The molecule has 26 heavy (non-hydrogen) atoms. The van der Waals surface area contributed by atoms with Crippen LogP contribution in [0.2, 0.25) is 0 Å². The van der Waals surface area contributed by atoms with Gasteiger partial charge in [0.1, 0.15) is 0 Å². The van der Waals surface area contributed by atoms with Crippen molar-refractivity contribution in [2.24, 2.45) is 0 Å². The van der Waals surface area contributed by atoms with E-state index in [1.807, 2.05) is 6.26 Å². The molecule has 3 nitrogen and oxygen atoms in total. The smallest absolute Gasteiger partial charge is 0.0909 e. The van der Waals surface area contributed by atoms with Crippen molar-refractivity contribution in [1.82, 2.24) is 0 Å². The molecule has 0 spiro atoms. The largest absolute Gasteiger partial charge is 0.504 e. The third-order valence-corrected chi connectivity index (χ3v) is 4.85. The van der Waals surface area contributed by atoms with Crippen LogP contribution in [0.3, 0.4) is 0 Å². The fraction of sp³-hybridized carbons (Fsp3) is 0.391. The van der Waals surface area contributed by atoms with Crippen LogP contribution < -0.4 is 9.80 Å². The second kappa shape index (κ2) is 9.91. The Hall–Kier alpha value is -2.42. The van der Waals surface area contributed by atoms with Gasteiger partial charge in [-0.3, -0.25) is 0 Å². The minimum atomic E-state index is 1.02. The van der Waals surface area contributed by atoms with Crippen LogP contribution in [0.5, 0.6) is 0 Å². The predicted molar refractivity (Wildman–Crippen MR) is 114 cm³/mol. The summed E-state index contributed by atoms with van der Waals surface area (Å²) in [5.74, 6) is 0. The molecule has 0 aliphatic rings. The van der Waals surface area contributed by atoms with E-state index in [9.17, 15) is 0 Å². The quantitative estimate of drug-likeness (QED) is 0.561. The van der Waals surface area contributed by atoms with Crippen molar-refractivity contribution in [3.63, 3.8) is 0 Å². The zero-order chi connectivity index (χ0) is 18.9. The number of benzene rings is 2. The maximum Gasteiger partial charge on any atom is 0.0909 e. The second-order valence-electron chi connectivity index (χ2n) is 6.21. The molecule has 0 fully saturated rings. The van der Waals surface area contributed by atoms with Gasteiger partial charge >= 0.3 is 0 Å². The van der Waals surface area contributed by atoms with E-state index >= 15 is 0 Å². The highest BCUT2D eigenvalue weighted by Crippen LogP contribution is 2.27. The minimum absolute atomic E-state index is 1.02. The predicted octanol–water partition coefficient (Wildman–Crippen LogP) is 5.41. The van der Waals surface area contributed by atoms with Crippen molar-refractivity contribution in [3.8, 4) is 0 Å². The summed E-state index contributed by atoms with van der Waals surface area (Å²) in [6.07, 6.45) is 1.83. The molecule has 2 aromatic carbocycles. The molecular formula is C23H32N2O. The van der Waals surface area contributed by atoms with Gasteiger partial charge < -0.3 is 14.5 Å². The first-order chi connectivity index (χ1) is 12.7. The van der Waals surface area contributed by atoms with Gasteiger partial charge in [-0.25, -0.2) is 0 Å². The Balaban J connectivity index is 2.30. The summed E-state index contributed by atoms with van der Waals surface area (Å²) in [4.78, 5) is 4.70. The van der Waals surface area contributed by atoms with Crippen LogP contribution in [-0.4, -0.2) is 33.3 Å². The Labute approximate surface area is 158 Å². The first-order valence-corrected chi connectivity index (χ1v) is 9.62. The van der Waals surface area contributed by atoms with E-state index < -0.39 is 0 Å². The number of nitrogens with zero attached hydrogens (tertiary/aromatic N) is 2. The molecule has 0 aliphatic heterocycles. The van der Waals surface area contributed by atoms with Crippen molar-refractivity contribution >= 4 is 16.9 Å². The molecule has 0 amide bonds. The molecule has 3 heteroatoms. The van der Waals surface area contributed by atoms with E-state index in [4.69, 9.17) is 4.74 Å². The van der Waals surface area contributed by atoms with Gasteiger partial charge in [0.05, 0.1) is 13.4 Å². The highest BCUT2D eigenvalue weighted by atomic mass is 16.5. The fourth-order valence-corrected chi connectivity index (χ4v) is 3.30. The topological polar surface area (TPSA) is 15.7 Å². The number of methoxy groups -OCH3 is 1. The Morgan fingerprint density at radius 2 is 1.04 bits per heavy atom. The summed E-state index contributed by atoms with van der Waals surface area (Å²) in [6, 6.07) is 17.5. The van der Waals surface area contributed by atoms with Crippen molar-refractivity contribution in [2.45, 2.75) is 27.7 Å². The molecule has 0 heterocycles. The van der Waals surface area contributed by atoms with Gasteiger partial charge in [-0.2, -0.15) is 0 Å². The molecule has 140 valence electrons. The molecule has 0 saturated carbocycles. The van der Waals surface area contributed by atoms with Gasteiger partial charge in [-0.15, -0.1) is 0 Å². The van der Waals surface area contributed by atoms with Crippen molar-refractivity contribution in [2.75, 3.05) is 43.1 Å². The summed E-state index contributed by atoms with van der Waals surface area (Å²) in [6.45, 7) is 12.8. The highest BCUT2D eigenvalue weighted by Gasteiger charge is 2.09. The summed E-state index contributed by atoms with van der Waals surface area (Å²) >= 11 is 0. The number of ether oxygens (including phenoxy) is 1. The third-order valence-electron chi connectivity index (χ3n) is 4.85. The summed E-state index contributed by atoms with van der Waals surface area (Å²) in [5.41, 5.74) is 5.95. The van der Waals surface area contributed by atoms with Crippen LogP contribution in [0.1, 0.15) is 38.8 Å². The van der Waals surface area contributed by atoms with Gasteiger partial charge in [-0.1, -0.05) is 24.3 Å². The lowest BCUT2D eigenvalue weighted by Crippen LogP contribution is -2.21.